The van der Waals surface area contributed by atoms with Crippen molar-refractivity contribution in [3.05, 3.63) is 47.3 Å². The van der Waals surface area contributed by atoms with Crippen LogP contribution >= 0.6 is 0 Å². The minimum absolute atomic E-state index is 0.171. The zero-order chi connectivity index (χ0) is 20.4. The molecule has 0 heterocycles. The molecule has 0 bridgehead atoms. The topological polar surface area (TPSA) is 0 Å². The minimum atomic E-state index is -1.38. The SMILES string of the molecule is CCCCCCC1CCC2CC(c3ccc4c(F)c(F)c(F)cc4c3)CCC2C1. The van der Waals surface area contributed by atoms with Crippen molar-refractivity contribution < 1.29 is 13.2 Å². The van der Waals surface area contributed by atoms with Gasteiger partial charge in [0.2, 0.25) is 0 Å². The van der Waals surface area contributed by atoms with Crippen LogP contribution in [0.4, 0.5) is 13.2 Å². The molecular formula is C26H33F3. The molecule has 158 valence electrons. The number of hydrogen-bond acceptors (Lipinski definition) is 0. The van der Waals surface area contributed by atoms with Crippen molar-refractivity contribution in [3.8, 4) is 0 Å². The second-order valence-electron chi connectivity index (χ2n) is 9.53. The Labute approximate surface area is 172 Å². The van der Waals surface area contributed by atoms with Crippen LogP contribution in [0.3, 0.4) is 0 Å². The van der Waals surface area contributed by atoms with Crippen LogP contribution in [0.5, 0.6) is 0 Å². The van der Waals surface area contributed by atoms with Gasteiger partial charge in [-0.2, -0.15) is 0 Å². The van der Waals surface area contributed by atoms with E-state index < -0.39 is 17.5 Å². The van der Waals surface area contributed by atoms with Crippen molar-refractivity contribution in [2.75, 3.05) is 0 Å². The maximum absolute atomic E-state index is 14.0. The molecule has 0 N–H and O–H groups in total. The molecule has 2 aromatic rings. The molecule has 29 heavy (non-hydrogen) atoms. The Morgan fingerprint density at radius 3 is 2.45 bits per heavy atom. The molecule has 2 aliphatic carbocycles. The fourth-order valence-corrected chi connectivity index (χ4v) is 5.99. The Hall–Kier alpha value is -1.51. The van der Waals surface area contributed by atoms with E-state index in [1.807, 2.05) is 12.1 Å². The van der Waals surface area contributed by atoms with Crippen LogP contribution < -0.4 is 0 Å². The third kappa shape index (κ3) is 4.49. The van der Waals surface area contributed by atoms with Crippen LogP contribution in [-0.4, -0.2) is 0 Å². The first-order valence-electron chi connectivity index (χ1n) is 11.6. The van der Waals surface area contributed by atoms with Crippen molar-refractivity contribution >= 4 is 10.8 Å². The van der Waals surface area contributed by atoms with E-state index in [2.05, 4.69) is 6.92 Å². The van der Waals surface area contributed by atoms with Gasteiger partial charge in [-0.3, -0.25) is 0 Å². The van der Waals surface area contributed by atoms with Crippen molar-refractivity contribution in [1.29, 1.82) is 0 Å². The third-order valence-corrected chi connectivity index (χ3v) is 7.66. The zero-order valence-corrected chi connectivity index (χ0v) is 17.5. The molecule has 2 fully saturated rings. The van der Waals surface area contributed by atoms with Gasteiger partial charge >= 0.3 is 0 Å². The summed E-state index contributed by atoms with van der Waals surface area (Å²) in [6, 6.07) is 6.56. The first-order valence-corrected chi connectivity index (χ1v) is 11.6. The minimum Gasteiger partial charge on any atom is -0.204 e. The van der Waals surface area contributed by atoms with Crippen LogP contribution in [-0.2, 0) is 0 Å². The number of unbranched alkanes of at least 4 members (excludes halogenated alkanes) is 3. The molecule has 0 aliphatic heterocycles. The van der Waals surface area contributed by atoms with Gasteiger partial charge < -0.3 is 0 Å². The van der Waals surface area contributed by atoms with Gasteiger partial charge in [0.25, 0.3) is 0 Å². The van der Waals surface area contributed by atoms with E-state index in [-0.39, 0.29) is 5.39 Å². The normalized spacial score (nSPS) is 27.2. The predicted molar refractivity (Wildman–Crippen MR) is 113 cm³/mol. The molecule has 0 saturated heterocycles. The lowest BCUT2D eigenvalue weighted by molar-refractivity contribution is 0.113. The molecule has 4 unspecified atom stereocenters. The highest BCUT2D eigenvalue weighted by Crippen LogP contribution is 2.48. The van der Waals surface area contributed by atoms with E-state index in [1.54, 1.807) is 6.07 Å². The zero-order valence-electron chi connectivity index (χ0n) is 17.5. The lowest BCUT2D eigenvalue weighted by Gasteiger charge is -2.42. The second-order valence-corrected chi connectivity index (χ2v) is 9.53. The Kier molecular flexibility index (Phi) is 6.51. The fraction of sp³-hybridized carbons (Fsp3) is 0.615. The molecule has 4 rings (SSSR count). The van der Waals surface area contributed by atoms with E-state index in [1.165, 1.54) is 64.2 Å². The first kappa shape index (κ1) is 20.8. The number of fused-ring (bicyclic) bond motifs is 2. The van der Waals surface area contributed by atoms with Crippen molar-refractivity contribution in [2.24, 2.45) is 17.8 Å². The molecule has 0 amide bonds. The van der Waals surface area contributed by atoms with E-state index in [0.717, 1.165) is 35.8 Å². The van der Waals surface area contributed by atoms with Crippen molar-refractivity contribution in [3.63, 3.8) is 0 Å². The summed E-state index contributed by atoms with van der Waals surface area (Å²) in [6.07, 6.45) is 14.6. The highest BCUT2D eigenvalue weighted by atomic mass is 19.2. The first-order chi connectivity index (χ1) is 14.1. The average molecular weight is 403 g/mol. The molecule has 0 radical (unpaired) electrons. The average Bonchev–Trinajstić information content (AvgIpc) is 2.74. The van der Waals surface area contributed by atoms with Crippen LogP contribution in [0.2, 0.25) is 0 Å². The van der Waals surface area contributed by atoms with Crippen LogP contribution in [0, 0.1) is 35.2 Å². The number of rotatable bonds is 6. The van der Waals surface area contributed by atoms with Crippen LogP contribution in [0.15, 0.2) is 24.3 Å². The Balaban J connectivity index is 1.40. The van der Waals surface area contributed by atoms with E-state index in [9.17, 15) is 13.2 Å². The summed E-state index contributed by atoms with van der Waals surface area (Å²) in [7, 11) is 0. The third-order valence-electron chi connectivity index (χ3n) is 7.66. The van der Waals surface area contributed by atoms with Gasteiger partial charge in [0.05, 0.1) is 0 Å². The molecule has 0 nitrogen and oxygen atoms in total. The number of halogens is 3. The van der Waals surface area contributed by atoms with Crippen molar-refractivity contribution in [1.82, 2.24) is 0 Å². The highest BCUT2D eigenvalue weighted by molar-refractivity contribution is 5.84. The molecule has 0 spiro atoms. The van der Waals surface area contributed by atoms with Crippen LogP contribution in [0.25, 0.3) is 10.8 Å². The highest BCUT2D eigenvalue weighted by Gasteiger charge is 2.35. The molecule has 3 heteroatoms. The monoisotopic (exact) mass is 402 g/mol. The lowest BCUT2D eigenvalue weighted by Crippen LogP contribution is -2.30. The summed E-state index contributed by atoms with van der Waals surface area (Å²) in [4.78, 5) is 0. The summed E-state index contributed by atoms with van der Waals surface area (Å²) in [6.45, 7) is 2.27. The van der Waals surface area contributed by atoms with E-state index in [4.69, 9.17) is 0 Å². The molecule has 2 aliphatic rings. The summed E-state index contributed by atoms with van der Waals surface area (Å²) < 4.78 is 41.2. The van der Waals surface area contributed by atoms with Gasteiger partial charge in [-0.25, -0.2) is 13.2 Å². The maximum Gasteiger partial charge on any atom is 0.195 e. The Morgan fingerprint density at radius 1 is 0.828 bits per heavy atom. The summed E-state index contributed by atoms with van der Waals surface area (Å²) >= 11 is 0. The van der Waals surface area contributed by atoms with Gasteiger partial charge in [-0.1, -0.05) is 63.6 Å². The van der Waals surface area contributed by atoms with E-state index in [0.29, 0.717) is 11.3 Å². The second kappa shape index (κ2) is 9.10. The quantitative estimate of drug-likeness (QED) is 0.335. The largest absolute Gasteiger partial charge is 0.204 e. The predicted octanol–water partition coefficient (Wildman–Crippen LogP) is 8.53. The molecular weight excluding hydrogens is 369 g/mol. The number of hydrogen-bond donors (Lipinski definition) is 0. The molecule has 2 aromatic carbocycles. The standard InChI is InChI=1S/C26H33F3/c1-2-3-4-5-6-17-7-8-19-14-20(10-9-18(19)13-17)21-11-12-23-22(15-21)16-24(27)26(29)25(23)28/h11-12,15-20H,2-10,13-14H2,1H3. The summed E-state index contributed by atoms with van der Waals surface area (Å²) in [5.41, 5.74) is 1.16. The Bertz CT molecular complexity index is 843. The van der Waals surface area contributed by atoms with Gasteiger partial charge in [0, 0.05) is 5.39 Å². The van der Waals surface area contributed by atoms with Crippen LogP contribution in [0.1, 0.15) is 89.0 Å². The smallest absolute Gasteiger partial charge is 0.195 e. The van der Waals surface area contributed by atoms with Gasteiger partial charge in [0.1, 0.15) is 0 Å². The number of benzene rings is 2. The molecule has 4 atom stereocenters. The van der Waals surface area contributed by atoms with Gasteiger partial charge in [0.15, 0.2) is 17.5 Å². The van der Waals surface area contributed by atoms with Crippen molar-refractivity contribution in [2.45, 2.75) is 83.5 Å². The Morgan fingerprint density at radius 2 is 1.62 bits per heavy atom. The van der Waals surface area contributed by atoms with Gasteiger partial charge in [-0.15, -0.1) is 0 Å². The van der Waals surface area contributed by atoms with Gasteiger partial charge in [-0.05, 0) is 72.8 Å². The lowest BCUT2D eigenvalue weighted by atomic mass is 9.63. The summed E-state index contributed by atoms with van der Waals surface area (Å²) in [5, 5.41) is 0.640. The fourth-order valence-electron chi connectivity index (χ4n) is 5.99. The van der Waals surface area contributed by atoms with E-state index >= 15 is 0 Å². The molecule has 0 aromatic heterocycles. The summed E-state index contributed by atoms with van der Waals surface area (Å²) in [5.74, 6) is -0.527. The maximum atomic E-state index is 14.0. The molecule has 2 saturated carbocycles.